The Balaban J connectivity index is 1.56. The zero-order chi connectivity index (χ0) is 16.2. The molecule has 0 radical (unpaired) electrons. The fourth-order valence-electron chi connectivity index (χ4n) is 2.22. The zero-order valence-corrected chi connectivity index (χ0v) is 13.2. The first-order chi connectivity index (χ1) is 11.1. The highest BCUT2D eigenvalue weighted by atomic mass is 32.2. The molecular weight excluding hydrogens is 323 g/mol. The van der Waals surface area contributed by atoms with Crippen LogP contribution < -0.4 is 10.1 Å². The normalized spacial score (nSPS) is 13.3. The van der Waals surface area contributed by atoms with E-state index in [2.05, 4.69) is 10.5 Å². The van der Waals surface area contributed by atoms with E-state index in [9.17, 15) is 9.18 Å². The van der Waals surface area contributed by atoms with Gasteiger partial charge in [0.1, 0.15) is 17.3 Å². The van der Waals surface area contributed by atoms with E-state index in [4.69, 9.17) is 14.0 Å². The average molecular weight is 338 g/mol. The minimum atomic E-state index is -0.337. The molecule has 1 aromatic carbocycles. The van der Waals surface area contributed by atoms with Crippen LogP contribution >= 0.6 is 11.8 Å². The van der Waals surface area contributed by atoms with Crippen LogP contribution in [0.2, 0.25) is 0 Å². The summed E-state index contributed by atoms with van der Waals surface area (Å²) in [6.07, 6.45) is 0. The van der Waals surface area contributed by atoms with Crippen molar-refractivity contribution in [2.24, 2.45) is 0 Å². The summed E-state index contributed by atoms with van der Waals surface area (Å²) in [7, 11) is 0. The molecule has 0 fully saturated rings. The lowest BCUT2D eigenvalue weighted by Gasteiger charge is -2.20. The summed E-state index contributed by atoms with van der Waals surface area (Å²) in [5.74, 6) is 1.81. The first kappa shape index (κ1) is 15.8. The van der Waals surface area contributed by atoms with E-state index in [1.54, 1.807) is 13.0 Å². The van der Waals surface area contributed by atoms with Crippen LogP contribution in [0.5, 0.6) is 5.75 Å². The van der Waals surface area contributed by atoms with Crippen molar-refractivity contribution >= 4 is 23.5 Å². The highest BCUT2D eigenvalue weighted by Crippen LogP contribution is 2.31. The molecule has 2 aromatic rings. The molecule has 1 aromatic heterocycles. The van der Waals surface area contributed by atoms with Gasteiger partial charge in [-0.25, -0.2) is 4.39 Å². The highest BCUT2D eigenvalue weighted by Gasteiger charge is 2.17. The van der Waals surface area contributed by atoms with Gasteiger partial charge in [0.25, 0.3) is 0 Å². The van der Waals surface area contributed by atoms with Crippen LogP contribution in [0.1, 0.15) is 16.9 Å². The van der Waals surface area contributed by atoms with Gasteiger partial charge in [-0.1, -0.05) is 5.16 Å². The number of benzene rings is 1. The highest BCUT2D eigenvalue weighted by molar-refractivity contribution is 7.99. The minimum Gasteiger partial charge on any atom is -0.467 e. The number of aromatic nitrogens is 1. The number of rotatable bonds is 5. The summed E-state index contributed by atoms with van der Waals surface area (Å²) in [6, 6.07) is 4.47. The molecule has 0 spiro atoms. The molecule has 3 rings (SSSR count). The lowest BCUT2D eigenvalue weighted by molar-refractivity contribution is -0.113. The summed E-state index contributed by atoms with van der Waals surface area (Å²) in [6.45, 7) is 2.23. The van der Waals surface area contributed by atoms with E-state index in [0.717, 1.165) is 5.56 Å². The van der Waals surface area contributed by atoms with Crippen molar-refractivity contribution < 1.29 is 23.2 Å². The standard InChI is InChI=1S/C15H15FN2O4S/c1-9-2-13(18-22-9)17-14(19)7-23-6-11-4-12(16)3-10-5-20-8-21-15(10)11/h2-4H,5-8H2,1H3,(H,17,18,19). The van der Waals surface area contributed by atoms with Crippen LogP contribution in [-0.4, -0.2) is 23.6 Å². The van der Waals surface area contributed by atoms with E-state index in [-0.39, 0.29) is 24.3 Å². The lowest BCUT2D eigenvalue weighted by Crippen LogP contribution is -2.15. The maximum Gasteiger partial charge on any atom is 0.235 e. The van der Waals surface area contributed by atoms with Gasteiger partial charge in [0.15, 0.2) is 12.6 Å². The van der Waals surface area contributed by atoms with Gasteiger partial charge in [-0.3, -0.25) is 4.79 Å². The summed E-state index contributed by atoms with van der Waals surface area (Å²) in [5, 5.41) is 6.32. The second kappa shape index (κ2) is 7.01. The monoisotopic (exact) mass is 338 g/mol. The largest absolute Gasteiger partial charge is 0.467 e. The second-order valence-corrected chi connectivity index (χ2v) is 6.01. The Morgan fingerprint density at radius 1 is 1.43 bits per heavy atom. The van der Waals surface area contributed by atoms with Gasteiger partial charge < -0.3 is 19.3 Å². The Hall–Kier alpha value is -2.06. The number of thioether (sulfide) groups is 1. The predicted octanol–water partition coefficient (Wildman–Crippen LogP) is 2.86. The van der Waals surface area contributed by atoms with Gasteiger partial charge in [0.2, 0.25) is 5.91 Å². The van der Waals surface area contributed by atoms with Gasteiger partial charge in [-0.15, -0.1) is 11.8 Å². The smallest absolute Gasteiger partial charge is 0.235 e. The van der Waals surface area contributed by atoms with E-state index in [0.29, 0.717) is 35.3 Å². The second-order valence-electron chi connectivity index (χ2n) is 5.03. The Labute approximate surface area is 136 Å². The van der Waals surface area contributed by atoms with Crippen molar-refractivity contribution in [3.05, 3.63) is 40.9 Å². The fraction of sp³-hybridized carbons (Fsp3) is 0.333. The maximum absolute atomic E-state index is 13.6. The number of fused-ring (bicyclic) bond motifs is 1. The molecule has 1 N–H and O–H groups in total. The molecule has 0 saturated heterocycles. The van der Waals surface area contributed by atoms with E-state index in [1.807, 2.05) is 0 Å². The number of halogens is 1. The van der Waals surface area contributed by atoms with E-state index in [1.165, 1.54) is 23.9 Å². The number of nitrogens with one attached hydrogen (secondary N) is 1. The van der Waals surface area contributed by atoms with Crippen LogP contribution in [0.25, 0.3) is 0 Å². The predicted molar refractivity (Wildman–Crippen MR) is 82.7 cm³/mol. The molecule has 0 aliphatic carbocycles. The average Bonchev–Trinajstić information content (AvgIpc) is 2.92. The SMILES string of the molecule is Cc1cc(NC(=O)CSCc2cc(F)cc3c2OCOC3)no1. The van der Waals surface area contributed by atoms with Crippen molar-refractivity contribution in [3.8, 4) is 5.75 Å². The van der Waals surface area contributed by atoms with Gasteiger partial charge in [0, 0.05) is 22.9 Å². The van der Waals surface area contributed by atoms with Crippen molar-refractivity contribution in [1.29, 1.82) is 0 Å². The molecule has 1 amide bonds. The van der Waals surface area contributed by atoms with E-state index >= 15 is 0 Å². The number of ether oxygens (including phenoxy) is 2. The van der Waals surface area contributed by atoms with Crippen LogP contribution in [0, 0.1) is 12.7 Å². The molecule has 8 heteroatoms. The number of nitrogens with zero attached hydrogens (tertiary/aromatic N) is 1. The van der Waals surface area contributed by atoms with Crippen molar-refractivity contribution in [1.82, 2.24) is 5.16 Å². The minimum absolute atomic E-state index is 0.155. The van der Waals surface area contributed by atoms with Crippen LogP contribution in [0.4, 0.5) is 10.2 Å². The van der Waals surface area contributed by atoms with Gasteiger partial charge >= 0.3 is 0 Å². The Bertz CT molecular complexity index is 719. The summed E-state index contributed by atoms with van der Waals surface area (Å²) >= 11 is 1.36. The third-order valence-corrected chi connectivity index (χ3v) is 4.12. The third kappa shape index (κ3) is 4.02. The van der Waals surface area contributed by atoms with Crippen LogP contribution in [-0.2, 0) is 21.9 Å². The molecule has 122 valence electrons. The molecule has 23 heavy (non-hydrogen) atoms. The molecule has 2 heterocycles. The number of anilines is 1. The van der Waals surface area contributed by atoms with Gasteiger partial charge in [-0.05, 0) is 19.1 Å². The first-order valence-electron chi connectivity index (χ1n) is 6.94. The lowest BCUT2D eigenvalue weighted by atomic mass is 10.1. The van der Waals surface area contributed by atoms with E-state index < -0.39 is 0 Å². The topological polar surface area (TPSA) is 73.6 Å². The summed E-state index contributed by atoms with van der Waals surface area (Å²) in [5.41, 5.74) is 1.41. The van der Waals surface area contributed by atoms with Crippen molar-refractivity contribution in [2.75, 3.05) is 17.9 Å². The Morgan fingerprint density at radius 2 is 2.30 bits per heavy atom. The van der Waals surface area contributed by atoms with Crippen LogP contribution in [0.15, 0.2) is 22.7 Å². The maximum atomic E-state index is 13.6. The van der Waals surface area contributed by atoms with Crippen LogP contribution in [0.3, 0.4) is 0 Å². The molecule has 1 aliphatic heterocycles. The quantitative estimate of drug-likeness (QED) is 0.904. The fourth-order valence-corrected chi connectivity index (χ4v) is 3.02. The van der Waals surface area contributed by atoms with Gasteiger partial charge in [-0.2, -0.15) is 0 Å². The molecule has 0 saturated carbocycles. The molecule has 0 bridgehead atoms. The molecule has 0 atom stereocenters. The Kier molecular flexibility index (Phi) is 4.82. The number of amides is 1. The zero-order valence-electron chi connectivity index (χ0n) is 12.4. The molecule has 1 aliphatic rings. The number of hydrogen-bond donors (Lipinski definition) is 1. The summed E-state index contributed by atoms with van der Waals surface area (Å²) in [4.78, 5) is 11.8. The summed E-state index contributed by atoms with van der Waals surface area (Å²) < 4.78 is 29.1. The number of carbonyl (C=O) groups excluding carboxylic acids is 1. The van der Waals surface area contributed by atoms with Gasteiger partial charge in [0.05, 0.1) is 12.4 Å². The Morgan fingerprint density at radius 3 is 3.09 bits per heavy atom. The third-order valence-electron chi connectivity index (χ3n) is 3.14. The van der Waals surface area contributed by atoms with Crippen molar-refractivity contribution in [2.45, 2.75) is 19.3 Å². The number of carbonyl (C=O) groups is 1. The number of hydrogen-bond acceptors (Lipinski definition) is 6. The molecule has 6 nitrogen and oxygen atoms in total. The number of aryl methyl sites for hydroxylation is 1. The first-order valence-corrected chi connectivity index (χ1v) is 8.10. The van der Waals surface area contributed by atoms with Crippen molar-refractivity contribution in [3.63, 3.8) is 0 Å². The molecule has 0 unspecified atom stereocenters. The molecular formula is C15H15FN2O4S.